The van der Waals surface area contributed by atoms with Crippen LogP contribution in [0.1, 0.15) is 50.1 Å². The van der Waals surface area contributed by atoms with Crippen LogP contribution in [-0.2, 0) is 14.4 Å². The van der Waals surface area contributed by atoms with Crippen molar-refractivity contribution >= 4 is 23.4 Å². The quantitative estimate of drug-likeness (QED) is 0.558. The van der Waals surface area contributed by atoms with Crippen LogP contribution in [-0.4, -0.2) is 64.8 Å². The molecule has 3 heterocycles. The molecule has 2 N–H and O–H groups in total. The maximum atomic E-state index is 14.5. The van der Waals surface area contributed by atoms with E-state index in [0.29, 0.717) is 31.2 Å². The number of nitriles is 1. The third-order valence-corrected chi connectivity index (χ3v) is 8.80. The van der Waals surface area contributed by atoms with Crippen LogP contribution >= 0.6 is 0 Å². The zero-order chi connectivity index (χ0) is 28.9. The molecule has 2 saturated heterocycles. The number of nitrogens with one attached hydrogen (secondary N) is 2. The van der Waals surface area contributed by atoms with Crippen LogP contribution in [0, 0.1) is 28.9 Å². The highest BCUT2D eigenvalue weighted by molar-refractivity contribution is 6.02. The van der Waals surface area contributed by atoms with Crippen LogP contribution in [0.15, 0.2) is 42.5 Å². The first-order valence-corrected chi connectivity index (χ1v) is 14.0. The number of halogens is 2. The largest absolute Gasteiger partial charge is 0.473 e. The van der Waals surface area contributed by atoms with Crippen molar-refractivity contribution in [1.82, 2.24) is 15.1 Å². The number of likely N-dealkylation sites (N-methyl/N-ethyl adjacent to an activating group) is 1. The van der Waals surface area contributed by atoms with E-state index in [2.05, 4.69) is 16.7 Å². The first-order valence-electron chi connectivity index (χ1n) is 14.0. The van der Waals surface area contributed by atoms with Gasteiger partial charge in [0.25, 0.3) is 5.91 Å². The fraction of sp³-hybridized carbons (Fsp3) is 0.467. The molecule has 0 radical (unpaired) electrons. The SMILES string of the molecule is CNC(=O)C1CCC(c2ccccc2)N1[C@@H](CC1CC1)C(=O)N1C[C@@]2(C[C@H]1C#N)Oc1cc(F)cc(F)c1NC2=O. The van der Waals surface area contributed by atoms with Crippen molar-refractivity contribution in [2.75, 3.05) is 18.9 Å². The number of rotatable bonds is 6. The molecule has 5 atom stereocenters. The number of carbonyl (C=O) groups excluding carboxylic acids is 3. The second-order valence-electron chi connectivity index (χ2n) is 11.4. The van der Waals surface area contributed by atoms with Crippen molar-refractivity contribution in [3.05, 3.63) is 59.7 Å². The number of benzene rings is 2. The monoisotopic (exact) mass is 563 g/mol. The highest BCUT2D eigenvalue weighted by Gasteiger charge is 2.57. The number of hydrogen-bond donors (Lipinski definition) is 2. The lowest BCUT2D eigenvalue weighted by Crippen LogP contribution is -2.57. The van der Waals surface area contributed by atoms with Crippen LogP contribution < -0.4 is 15.4 Å². The Bertz CT molecular complexity index is 1430. The second kappa shape index (κ2) is 10.4. The summed E-state index contributed by atoms with van der Waals surface area (Å²) in [6.45, 7) is -0.261. The van der Waals surface area contributed by atoms with E-state index in [1.807, 2.05) is 35.2 Å². The predicted molar refractivity (Wildman–Crippen MR) is 143 cm³/mol. The van der Waals surface area contributed by atoms with E-state index in [0.717, 1.165) is 24.5 Å². The lowest BCUT2D eigenvalue weighted by atomic mass is 9.97. The zero-order valence-corrected chi connectivity index (χ0v) is 22.6. The number of nitrogens with zero attached hydrogens (tertiary/aromatic N) is 3. The summed E-state index contributed by atoms with van der Waals surface area (Å²) in [6.07, 6.45) is 3.56. The van der Waals surface area contributed by atoms with Crippen molar-refractivity contribution in [3.8, 4) is 11.8 Å². The van der Waals surface area contributed by atoms with E-state index in [1.54, 1.807) is 7.05 Å². The van der Waals surface area contributed by atoms with E-state index in [4.69, 9.17) is 4.74 Å². The first kappa shape index (κ1) is 27.1. The van der Waals surface area contributed by atoms with Crippen molar-refractivity contribution in [2.45, 2.75) is 68.3 Å². The van der Waals surface area contributed by atoms with Gasteiger partial charge in [0.05, 0.1) is 24.7 Å². The van der Waals surface area contributed by atoms with E-state index in [-0.39, 0.29) is 42.3 Å². The zero-order valence-electron chi connectivity index (χ0n) is 22.6. The Balaban J connectivity index is 1.35. The van der Waals surface area contributed by atoms with Gasteiger partial charge >= 0.3 is 0 Å². The molecule has 1 spiro atoms. The number of hydrogen-bond acceptors (Lipinski definition) is 6. The van der Waals surface area contributed by atoms with Crippen molar-refractivity contribution in [3.63, 3.8) is 0 Å². The molecule has 41 heavy (non-hydrogen) atoms. The lowest BCUT2D eigenvalue weighted by Gasteiger charge is -2.39. The van der Waals surface area contributed by atoms with E-state index < -0.39 is 41.3 Å². The predicted octanol–water partition coefficient (Wildman–Crippen LogP) is 3.28. The number of ether oxygens (including phenoxy) is 1. The third-order valence-electron chi connectivity index (χ3n) is 8.80. The summed E-state index contributed by atoms with van der Waals surface area (Å²) in [4.78, 5) is 44.2. The van der Waals surface area contributed by atoms with Gasteiger partial charge in [-0.15, -0.1) is 0 Å². The minimum absolute atomic E-state index is 0.157. The van der Waals surface area contributed by atoms with Crippen molar-refractivity contribution in [1.29, 1.82) is 5.26 Å². The number of amides is 3. The maximum Gasteiger partial charge on any atom is 0.270 e. The number of carbonyl (C=O) groups is 3. The molecule has 2 aromatic rings. The van der Waals surface area contributed by atoms with Gasteiger partial charge in [-0.05, 0) is 30.7 Å². The standard InChI is InChI=1S/C30H31F2N5O4/c1-34-27(38)23-10-9-22(18-5-3-2-4-6-18)37(23)24(11-17-7-8-17)28(39)36-16-30(14-20(36)15-33)29(40)35-26-21(32)12-19(31)13-25(26)41-30/h2-6,12-13,17,20,22-24H,7-11,14,16H2,1H3,(H,34,38)(H,35,40)/t20-,22?,23?,24-,30+/m0/s1. The first-order chi connectivity index (χ1) is 19.7. The maximum absolute atomic E-state index is 14.5. The number of anilines is 1. The molecule has 6 rings (SSSR count). The highest BCUT2D eigenvalue weighted by Crippen LogP contribution is 2.45. The molecular formula is C30H31F2N5O4. The lowest BCUT2D eigenvalue weighted by molar-refractivity contribution is -0.142. The van der Waals surface area contributed by atoms with Crippen LogP contribution in [0.5, 0.6) is 5.75 Å². The molecule has 3 amide bonds. The molecule has 1 saturated carbocycles. The number of fused-ring (bicyclic) bond motifs is 1. The van der Waals surface area contributed by atoms with Crippen molar-refractivity contribution in [2.24, 2.45) is 5.92 Å². The van der Waals surface area contributed by atoms with Crippen molar-refractivity contribution < 1.29 is 27.9 Å². The summed E-state index contributed by atoms with van der Waals surface area (Å²) < 4.78 is 34.3. The number of likely N-dealkylation sites (tertiary alicyclic amines) is 2. The third kappa shape index (κ3) is 4.80. The molecule has 3 aliphatic heterocycles. The minimum atomic E-state index is -1.68. The van der Waals surface area contributed by atoms with Gasteiger partial charge < -0.3 is 20.3 Å². The molecule has 2 aromatic carbocycles. The Labute approximate surface area is 236 Å². The summed E-state index contributed by atoms with van der Waals surface area (Å²) in [7, 11) is 1.58. The molecular weight excluding hydrogens is 532 g/mol. The van der Waals surface area contributed by atoms with Gasteiger partial charge in [0.2, 0.25) is 17.4 Å². The average molecular weight is 564 g/mol. The Morgan fingerprint density at radius 2 is 1.95 bits per heavy atom. The normalized spacial score (nSPS) is 28.0. The van der Waals surface area contributed by atoms with E-state index >= 15 is 0 Å². The summed E-state index contributed by atoms with van der Waals surface area (Å²) >= 11 is 0. The van der Waals surface area contributed by atoms with Gasteiger partial charge in [-0.3, -0.25) is 19.3 Å². The van der Waals surface area contributed by atoms with Gasteiger partial charge in [-0.1, -0.05) is 43.2 Å². The van der Waals surface area contributed by atoms with Crippen LogP contribution in [0.4, 0.5) is 14.5 Å². The van der Waals surface area contributed by atoms with Gasteiger partial charge in [0.15, 0.2) is 11.6 Å². The molecule has 11 heteroatoms. The smallest absolute Gasteiger partial charge is 0.270 e. The Kier molecular flexibility index (Phi) is 6.90. The molecule has 4 aliphatic rings. The second-order valence-corrected chi connectivity index (χ2v) is 11.4. The summed E-state index contributed by atoms with van der Waals surface area (Å²) in [6, 6.07) is 11.1. The highest BCUT2D eigenvalue weighted by atomic mass is 19.1. The molecule has 0 bridgehead atoms. The van der Waals surface area contributed by atoms with Crippen LogP contribution in [0.3, 0.4) is 0 Å². The van der Waals surface area contributed by atoms with Gasteiger partial charge in [0.1, 0.15) is 17.5 Å². The summed E-state index contributed by atoms with van der Waals surface area (Å²) in [5.41, 5.74) is -0.960. The molecule has 2 unspecified atom stereocenters. The van der Waals surface area contributed by atoms with Gasteiger partial charge in [-0.2, -0.15) is 5.26 Å². The molecule has 0 aromatic heterocycles. The Hall–Kier alpha value is -4.04. The summed E-state index contributed by atoms with van der Waals surface area (Å²) in [5, 5.41) is 15.3. The van der Waals surface area contributed by atoms with Crippen LogP contribution in [0.2, 0.25) is 0 Å². The fourth-order valence-electron chi connectivity index (χ4n) is 6.62. The molecule has 3 fully saturated rings. The van der Waals surface area contributed by atoms with Crippen LogP contribution in [0.25, 0.3) is 0 Å². The molecule has 9 nitrogen and oxygen atoms in total. The molecule has 214 valence electrons. The average Bonchev–Trinajstić information content (AvgIpc) is 3.56. The van der Waals surface area contributed by atoms with Gasteiger partial charge in [0, 0.05) is 31.6 Å². The van der Waals surface area contributed by atoms with E-state index in [9.17, 15) is 28.4 Å². The van der Waals surface area contributed by atoms with E-state index in [1.165, 1.54) is 4.90 Å². The Morgan fingerprint density at radius 3 is 2.63 bits per heavy atom. The van der Waals surface area contributed by atoms with Gasteiger partial charge in [-0.25, -0.2) is 8.78 Å². The minimum Gasteiger partial charge on any atom is -0.473 e. The molecule has 1 aliphatic carbocycles. The topological polar surface area (TPSA) is 115 Å². The fourth-order valence-corrected chi connectivity index (χ4v) is 6.62. The summed E-state index contributed by atoms with van der Waals surface area (Å²) in [5.74, 6) is -2.96. The Morgan fingerprint density at radius 1 is 1.20 bits per heavy atom.